The zero-order chi connectivity index (χ0) is 10.8. The minimum Gasteiger partial charge on any atom is -0.394 e. The average Bonchev–Trinajstić information content (AvgIpc) is 2.96. The third kappa shape index (κ3) is 1.87. The molecule has 80 valence electrons. The van der Waals surface area contributed by atoms with Gasteiger partial charge < -0.3 is 16.2 Å². The second kappa shape index (κ2) is 3.79. The van der Waals surface area contributed by atoms with E-state index in [9.17, 15) is 0 Å². The number of rotatable bonds is 4. The van der Waals surface area contributed by atoms with Gasteiger partial charge in [-0.15, -0.1) is 0 Å². The third-order valence-corrected chi connectivity index (χ3v) is 2.33. The first-order valence-electron chi connectivity index (χ1n) is 4.90. The van der Waals surface area contributed by atoms with Crippen LogP contribution in [0.15, 0.2) is 0 Å². The molecule has 6 heteroatoms. The van der Waals surface area contributed by atoms with Gasteiger partial charge in [-0.3, -0.25) is 0 Å². The molecule has 0 amide bonds. The molecule has 0 saturated heterocycles. The van der Waals surface area contributed by atoms with Crippen LogP contribution in [0.1, 0.15) is 18.4 Å². The quantitative estimate of drug-likeness (QED) is 0.640. The van der Waals surface area contributed by atoms with Crippen molar-refractivity contribution in [1.82, 2.24) is 9.78 Å². The van der Waals surface area contributed by atoms with Gasteiger partial charge in [0.2, 0.25) is 0 Å². The molecular formula is C9H13N5O. The third-order valence-electron chi connectivity index (χ3n) is 2.33. The molecule has 0 aliphatic heterocycles. The summed E-state index contributed by atoms with van der Waals surface area (Å²) in [5, 5.41) is 25.0. The van der Waals surface area contributed by atoms with Crippen LogP contribution in [0, 0.1) is 11.3 Å². The molecule has 1 saturated carbocycles. The van der Waals surface area contributed by atoms with Crippen LogP contribution in [0.4, 0.5) is 11.6 Å². The molecular weight excluding hydrogens is 194 g/mol. The smallest absolute Gasteiger partial charge is 0.168 e. The summed E-state index contributed by atoms with van der Waals surface area (Å²) < 4.78 is 1.45. The number of nitrogen functional groups attached to an aromatic ring is 1. The van der Waals surface area contributed by atoms with Crippen molar-refractivity contribution in [2.45, 2.75) is 25.4 Å². The summed E-state index contributed by atoms with van der Waals surface area (Å²) in [7, 11) is 0. The monoisotopic (exact) mass is 207 g/mol. The van der Waals surface area contributed by atoms with Crippen molar-refractivity contribution < 1.29 is 5.11 Å². The molecule has 0 aromatic carbocycles. The van der Waals surface area contributed by atoms with Crippen LogP contribution in [0.3, 0.4) is 0 Å². The Morgan fingerprint density at radius 2 is 2.40 bits per heavy atom. The Morgan fingerprint density at radius 1 is 1.67 bits per heavy atom. The van der Waals surface area contributed by atoms with Gasteiger partial charge in [0.1, 0.15) is 17.5 Å². The second-order valence-corrected chi connectivity index (χ2v) is 3.59. The SMILES string of the molecule is N#Cc1c(NC2CC2)nn(CCO)c1N. The Kier molecular flexibility index (Phi) is 2.47. The van der Waals surface area contributed by atoms with Crippen molar-refractivity contribution in [3.05, 3.63) is 5.56 Å². The van der Waals surface area contributed by atoms with E-state index >= 15 is 0 Å². The van der Waals surface area contributed by atoms with E-state index in [0.717, 1.165) is 12.8 Å². The van der Waals surface area contributed by atoms with Crippen molar-refractivity contribution in [2.75, 3.05) is 17.7 Å². The summed E-state index contributed by atoms with van der Waals surface area (Å²) in [6.45, 7) is 0.270. The minimum absolute atomic E-state index is 0.0420. The van der Waals surface area contributed by atoms with Crippen LogP contribution in [0.5, 0.6) is 0 Å². The molecule has 6 nitrogen and oxygen atoms in total. The van der Waals surface area contributed by atoms with Gasteiger partial charge >= 0.3 is 0 Å². The van der Waals surface area contributed by atoms with Gasteiger partial charge in [-0.2, -0.15) is 10.4 Å². The van der Waals surface area contributed by atoms with Crippen molar-refractivity contribution in [1.29, 1.82) is 5.26 Å². The molecule has 0 spiro atoms. The Balaban J connectivity index is 2.27. The van der Waals surface area contributed by atoms with Gasteiger partial charge in [0.25, 0.3) is 0 Å². The number of aliphatic hydroxyl groups is 1. The minimum atomic E-state index is -0.0420. The Bertz CT molecular complexity index is 401. The molecule has 0 atom stereocenters. The number of hydrogen-bond acceptors (Lipinski definition) is 5. The van der Waals surface area contributed by atoms with Gasteiger partial charge in [0.15, 0.2) is 5.82 Å². The lowest BCUT2D eigenvalue weighted by Crippen LogP contribution is -2.08. The molecule has 1 aromatic heterocycles. The molecule has 0 bridgehead atoms. The van der Waals surface area contributed by atoms with E-state index in [1.807, 2.05) is 6.07 Å². The maximum atomic E-state index is 8.93. The van der Waals surface area contributed by atoms with Crippen molar-refractivity contribution in [3.8, 4) is 6.07 Å². The molecule has 2 rings (SSSR count). The van der Waals surface area contributed by atoms with Crippen LogP contribution in [0.2, 0.25) is 0 Å². The van der Waals surface area contributed by atoms with Gasteiger partial charge in [-0.05, 0) is 12.8 Å². The Labute approximate surface area is 87.3 Å². The maximum Gasteiger partial charge on any atom is 0.168 e. The lowest BCUT2D eigenvalue weighted by Gasteiger charge is -1.99. The number of hydrogen-bond donors (Lipinski definition) is 3. The molecule has 1 fully saturated rings. The van der Waals surface area contributed by atoms with Crippen molar-refractivity contribution >= 4 is 11.6 Å². The van der Waals surface area contributed by atoms with Crippen LogP contribution in [-0.2, 0) is 6.54 Å². The van der Waals surface area contributed by atoms with Gasteiger partial charge in [0.05, 0.1) is 13.2 Å². The first-order chi connectivity index (χ1) is 7.26. The largest absolute Gasteiger partial charge is 0.394 e. The normalized spacial score (nSPS) is 14.9. The summed E-state index contributed by atoms with van der Waals surface area (Å²) in [6, 6.07) is 2.45. The van der Waals surface area contributed by atoms with E-state index in [0.29, 0.717) is 29.8 Å². The van der Waals surface area contributed by atoms with Gasteiger partial charge in [0, 0.05) is 6.04 Å². The van der Waals surface area contributed by atoms with Gasteiger partial charge in [-0.1, -0.05) is 0 Å². The van der Waals surface area contributed by atoms with Crippen molar-refractivity contribution in [3.63, 3.8) is 0 Å². The molecule has 15 heavy (non-hydrogen) atoms. The molecule has 1 heterocycles. The second-order valence-electron chi connectivity index (χ2n) is 3.59. The topological polar surface area (TPSA) is 99.9 Å². The van der Waals surface area contributed by atoms with Crippen molar-refractivity contribution in [2.24, 2.45) is 0 Å². The number of aromatic nitrogens is 2. The van der Waals surface area contributed by atoms with Crippen LogP contribution in [0.25, 0.3) is 0 Å². The molecule has 0 unspecified atom stereocenters. The number of nitrogens with two attached hydrogens (primary N) is 1. The first-order valence-corrected chi connectivity index (χ1v) is 4.90. The number of nitrogens with zero attached hydrogens (tertiary/aromatic N) is 3. The predicted octanol–water partition coefficient (Wildman–Crippen LogP) is -0.0964. The van der Waals surface area contributed by atoms with Crippen LogP contribution >= 0.6 is 0 Å². The van der Waals surface area contributed by atoms with E-state index in [-0.39, 0.29) is 6.61 Å². The van der Waals surface area contributed by atoms with E-state index < -0.39 is 0 Å². The highest BCUT2D eigenvalue weighted by Crippen LogP contribution is 2.28. The molecule has 0 radical (unpaired) electrons. The van der Waals surface area contributed by atoms with E-state index in [4.69, 9.17) is 16.1 Å². The molecule has 1 aromatic rings. The van der Waals surface area contributed by atoms with E-state index in [2.05, 4.69) is 10.4 Å². The fourth-order valence-corrected chi connectivity index (χ4v) is 1.37. The van der Waals surface area contributed by atoms with E-state index in [1.165, 1.54) is 4.68 Å². The maximum absolute atomic E-state index is 8.93. The zero-order valence-corrected chi connectivity index (χ0v) is 8.27. The number of anilines is 2. The lowest BCUT2D eigenvalue weighted by atomic mass is 10.3. The first kappa shape index (κ1) is 9.80. The molecule has 1 aliphatic rings. The number of nitriles is 1. The predicted molar refractivity (Wildman–Crippen MR) is 55.1 cm³/mol. The number of aliphatic hydroxyl groups excluding tert-OH is 1. The van der Waals surface area contributed by atoms with Crippen LogP contribution < -0.4 is 11.1 Å². The van der Waals surface area contributed by atoms with Crippen LogP contribution in [-0.4, -0.2) is 27.5 Å². The summed E-state index contributed by atoms with van der Waals surface area (Å²) >= 11 is 0. The summed E-state index contributed by atoms with van der Waals surface area (Å²) in [5.41, 5.74) is 6.09. The fraction of sp³-hybridized carbons (Fsp3) is 0.556. The summed E-state index contributed by atoms with van der Waals surface area (Å²) in [5.74, 6) is 0.848. The fourth-order valence-electron chi connectivity index (χ4n) is 1.37. The number of nitrogens with one attached hydrogen (secondary N) is 1. The Morgan fingerprint density at radius 3 is 2.93 bits per heavy atom. The molecule has 1 aliphatic carbocycles. The Hall–Kier alpha value is -1.74. The average molecular weight is 207 g/mol. The highest BCUT2D eigenvalue weighted by Gasteiger charge is 2.25. The standard InChI is InChI=1S/C9H13N5O/c10-5-7-8(11)14(3-4-15)13-9(7)12-6-1-2-6/h6,15H,1-4,11H2,(H,12,13). The highest BCUT2D eigenvalue weighted by atomic mass is 16.3. The van der Waals surface area contributed by atoms with Gasteiger partial charge in [-0.25, -0.2) is 4.68 Å². The van der Waals surface area contributed by atoms with E-state index in [1.54, 1.807) is 0 Å². The summed E-state index contributed by atoms with van der Waals surface area (Å²) in [6.07, 6.45) is 2.22. The highest BCUT2D eigenvalue weighted by molar-refractivity contribution is 5.64. The summed E-state index contributed by atoms with van der Waals surface area (Å²) in [4.78, 5) is 0. The zero-order valence-electron chi connectivity index (χ0n) is 8.27. The molecule has 4 N–H and O–H groups in total. The lowest BCUT2D eigenvalue weighted by molar-refractivity contribution is 0.270.